The monoisotopic (exact) mass is 410 g/mol. The Morgan fingerprint density at radius 1 is 0.967 bits per heavy atom. The molecule has 0 bridgehead atoms. The lowest BCUT2D eigenvalue weighted by molar-refractivity contribution is -0.107. The van der Waals surface area contributed by atoms with Gasteiger partial charge in [-0.05, 0) is 117 Å². The summed E-state index contributed by atoms with van der Waals surface area (Å²) in [5, 5.41) is 0. The van der Waals surface area contributed by atoms with Crippen molar-refractivity contribution >= 4 is 0 Å². The second kappa shape index (κ2) is 7.25. The Morgan fingerprint density at radius 3 is 2.40 bits per heavy atom. The quantitative estimate of drug-likeness (QED) is 0.406. The fourth-order valence-electron chi connectivity index (χ4n) is 9.33. The third-order valence-electron chi connectivity index (χ3n) is 11.3. The third kappa shape index (κ3) is 3.38. The van der Waals surface area contributed by atoms with Gasteiger partial charge in [-0.15, -0.1) is 0 Å². The van der Waals surface area contributed by atoms with Crippen LogP contribution in [-0.4, -0.2) is 0 Å². The highest BCUT2D eigenvalue weighted by Gasteiger charge is 2.62. The average molecular weight is 411 g/mol. The first kappa shape index (κ1) is 22.7. The van der Waals surface area contributed by atoms with E-state index >= 15 is 0 Å². The molecule has 0 nitrogen and oxygen atoms in total. The third-order valence-corrected chi connectivity index (χ3v) is 11.3. The Bertz CT molecular complexity index is 733. The molecule has 0 heterocycles. The molecule has 0 aromatic heterocycles. The van der Waals surface area contributed by atoms with Crippen LogP contribution < -0.4 is 0 Å². The fourth-order valence-corrected chi connectivity index (χ4v) is 9.33. The zero-order chi connectivity index (χ0) is 22.0. The zero-order valence-corrected chi connectivity index (χ0v) is 21.6. The van der Waals surface area contributed by atoms with Crippen LogP contribution in [0.25, 0.3) is 0 Å². The summed E-state index contributed by atoms with van der Waals surface area (Å²) in [5.41, 5.74) is 5.91. The molecule has 0 spiro atoms. The lowest BCUT2D eigenvalue weighted by Crippen LogP contribution is -2.57. The van der Waals surface area contributed by atoms with Gasteiger partial charge in [-0.3, -0.25) is 0 Å². The molecule has 170 valence electrons. The van der Waals surface area contributed by atoms with Crippen LogP contribution in [0.4, 0.5) is 0 Å². The van der Waals surface area contributed by atoms with Gasteiger partial charge in [0.05, 0.1) is 0 Å². The predicted molar refractivity (Wildman–Crippen MR) is 131 cm³/mol. The molecule has 4 aliphatic rings. The van der Waals surface area contributed by atoms with Crippen molar-refractivity contribution in [1.29, 1.82) is 0 Å². The van der Waals surface area contributed by atoms with E-state index in [1.807, 2.05) is 5.57 Å². The lowest BCUT2D eigenvalue weighted by Gasteiger charge is -2.67. The summed E-state index contributed by atoms with van der Waals surface area (Å²) in [4.78, 5) is 0. The number of hydrogen-bond acceptors (Lipinski definition) is 0. The summed E-state index contributed by atoms with van der Waals surface area (Å²) in [7, 11) is 0. The van der Waals surface area contributed by atoms with E-state index in [2.05, 4.69) is 67.5 Å². The van der Waals surface area contributed by atoms with Gasteiger partial charge in [-0.1, -0.05) is 71.3 Å². The van der Waals surface area contributed by atoms with Gasteiger partial charge in [0.15, 0.2) is 0 Å². The topological polar surface area (TPSA) is 0 Å². The highest BCUT2D eigenvalue weighted by atomic mass is 14.7. The summed E-state index contributed by atoms with van der Waals surface area (Å²) >= 11 is 0. The van der Waals surface area contributed by atoms with E-state index in [-0.39, 0.29) is 0 Å². The summed E-state index contributed by atoms with van der Waals surface area (Å²) in [6.45, 7) is 20.3. The molecule has 0 aromatic rings. The summed E-state index contributed by atoms with van der Waals surface area (Å²) in [6, 6.07) is 0. The maximum absolute atomic E-state index is 2.80. The molecule has 0 amide bonds. The molecular weight excluding hydrogens is 360 g/mol. The van der Waals surface area contributed by atoms with Crippen LogP contribution in [0, 0.1) is 38.9 Å². The van der Waals surface area contributed by atoms with Crippen LogP contribution in [0.15, 0.2) is 23.3 Å². The Kier molecular flexibility index (Phi) is 5.47. The van der Waals surface area contributed by atoms with E-state index in [1.54, 1.807) is 0 Å². The van der Waals surface area contributed by atoms with Gasteiger partial charge in [0.25, 0.3) is 0 Å². The van der Waals surface area contributed by atoms with Crippen LogP contribution in [0.3, 0.4) is 0 Å². The van der Waals surface area contributed by atoms with E-state index in [0.29, 0.717) is 27.1 Å². The minimum atomic E-state index is 0.432. The molecule has 4 aliphatic carbocycles. The predicted octanol–water partition coefficient (Wildman–Crippen LogP) is 9.51. The normalized spacial score (nSPS) is 47.4. The Hall–Kier alpha value is -0.520. The van der Waals surface area contributed by atoms with Gasteiger partial charge >= 0.3 is 0 Å². The molecule has 0 radical (unpaired) electrons. The van der Waals surface area contributed by atoms with Gasteiger partial charge in [-0.25, -0.2) is 0 Å². The van der Waals surface area contributed by atoms with Crippen molar-refractivity contribution in [2.24, 2.45) is 38.9 Å². The minimum absolute atomic E-state index is 0.432. The number of hydrogen-bond donors (Lipinski definition) is 0. The summed E-state index contributed by atoms with van der Waals surface area (Å²) < 4.78 is 0. The van der Waals surface area contributed by atoms with E-state index < -0.39 is 0 Å². The Balaban J connectivity index is 1.62. The lowest BCUT2D eigenvalue weighted by atomic mass is 9.38. The van der Waals surface area contributed by atoms with Crippen molar-refractivity contribution in [2.75, 3.05) is 0 Å². The van der Waals surface area contributed by atoms with Crippen LogP contribution in [0.1, 0.15) is 126 Å². The van der Waals surface area contributed by atoms with Crippen LogP contribution >= 0.6 is 0 Å². The van der Waals surface area contributed by atoms with Crippen molar-refractivity contribution in [3.63, 3.8) is 0 Å². The molecule has 0 heteroatoms. The molecule has 4 rings (SSSR count). The molecule has 0 saturated heterocycles. The molecule has 0 aliphatic heterocycles. The fraction of sp³-hybridized carbons (Fsp3) is 0.867. The van der Waals surface area contributed by atoms with Crippen molar-refractivity contribution in [1.82, 2.24) is 0 Å². The van der Waals surface area contributed by atoms with E-state index in [4.69, 9.17) is 0 Å². The second-order valence-corrected chi connectivity index (χ2v) is 14.1. The molecule has 3 fully saturated rings. The van der Waals surface area contributed by atoms with Crippen molar-refractivity contribution in [2.45, 2.75) is 126 Å². The van der Waals surface area contributed by atoms with Gasteiger partial charge in [0, 0.05) is 0 Å². The van der Waals surface area contributed by atoms with Gasteiger partial charge in [-0.2, -0.15) is 0 Å². The molecule has 0 unspecified atom stereocenters. The number of fused-ring (bicyclic) bond motifs is 5. The smallest absolute Gasteiger partial charge is 0.00592 e. The van der Waals surface area contributed by atoms with E-state index in [0.717, 1.165) is 11.8 Å². The second-order valence-electron chi connectivity index (χ2n) is 14.1. The Labute approximate surface area is 188 Å². The highest BCUT2D eigenvalue weighted by molar-refractivity contribution is 5.32. The van der Waals surface area contributed by atoms with E-state index in [9.17, 15) is 0 Å². The first-order chi connectivity index (χ1) is 13.9. The standard InChI is InChI=1S/C30H50/c1-22(2)11-9-16-27(5)19-20-30(8)24-12-13-25-26(3,4)15-10-17-29(25,7)23(24)14-18-28(30,6)21-27/h11-12,23,25H,9-10,13-21H2,1-8H3/t23-,25-,27+,28-,29+,30+/m0/s1. The summed E-state index contributed by atoms with van der Waals surface area (Å²) in [5.74, 6) is 1.74. The van der Waals surface area contributed by atoms with Crippen molar-refractivity contribution in [3.05, 3.63) is 23.3 Å². The molecule has 3 saturated carbocycles. The van der Waals surface area contributed by atoms with Crippen LogP contribution in [0.5, 0.6) is 0 Å². The first-order valence-corrected chi connectivity index (χ1v) is 13.2. The maximum atomic E-state index is 2.80. The number of allylic oxidation sites excluding steroid dienone is 4. The molecular formula is C30H50. The van der Waals surface area contributed by atoms with Gasteiger partial charge in [0.1, 0.15) is 0 Å². The van der Waals surface area contributed by atoms with Gasteiger partial charge in [0.2, 0.25) is 0 Å². The first-order valence-electron chi connectivity index (χ1n) is 13.2. The Morgan fingerprint density at radius 2 is 1.70 bits per heavy atom. The summed E-state index contributed by atoms with van der Waals surface area (Å²) in [6.07, 6.45) is 20.8. The highest BCUT2D eigenvalue weighted by Crippen LogP contribution is 2.72. The molecule has 6 atom stereocenters. The van der Waals surface area contributed by atoms with Crippen LogP contribution in [0.2, 0.25) is 0 Å². The van der Waals surface area contributed by atoms with Crippen molar-refractivity contribution < 1.29 is 0 Å². The van der Waals surface area contributed by atoms with Crippen molar-refractivity contribution in [3.8, 4) is 0 Å². The zero-order valence-electron chi connectivity index (χ0n) is 21.6. The largest absolute Gasteiger partial charge is 0.0859 e. The minimum Gasteiger partial charge on any atom is -0.0859 e. The SMILES string of the molecule is CC(C)=CCC[C@]1(C)CC[C@]2(C)C3=CC[C@H]4C(C)(C)CCC[C@]4(C)[C@H]3CC[C@@]2(C)C1. The van der Waals surface area contributed by atoms with E-state index in [1.165, 1.54) is 76.2 Å². The average Bonchev–Trinajstić information content (AvgIpc) is 2.62. The van der Waals surface area contributed by atoms with Crippen LogP contribution in [-0.2, 0) is 0 Å². The molecule has 30 heavy (non-hydrogen) atoms. The van der Waals surface area contributed by atoms with Gasteiger partial charge < -0.3 is 0 Å². The molecule has 0 N–H and O–H groups in total. The molecule has 0 aromatic carbocycles. The maximum Gasteiger partial charge on any atom is -0.00592 e. The number of rotatable bonds is 3.